The summed E-state index contributed by atoms with van der Waals surface area (Å²) in [7, 11) is 0. The molecule has 0 aromatic heterocycles. The number of aliphatic hydroxyl groups excluding tert-OH is 1. The van der Waals surface area contributed by atoms with Crippen LogP contribution in [0.2, 0.25) is 0 Å². The maximum atomic E-state index is 9.60. The van der Waals surface area contributed by atoms with Gasteiger partial charge in [0.15, 0.2) is 0 Å². The van der Waals surface area contributed by atoms with Crippen molar-refractivity contribution in [3.63, 3.8) is 0 Å². The number of nitrogens with one attached hydrogen (secondary N) is 1. The van der Waals surface area contributed by atoms with E-state index in [-0.39, 0.29) is 12.1 Å². The van der Waals surface area contributed by atoms with Crippen LogP contribution in [-0.4, -0.2) is 17.3 Å². The highest BCUT2D eigenvalue weighted by Gasteiger charge is 2.30. The lowest BCUT2D eigenvalue weighted by Gasteiger charge is -2.36. The van der Waals surface area contributed by atoms with E-state index in [2.05, 4.69) is 33.4 Å². The molecule has 1 aromatic carbocycles. The third kappa shape index (κ3) is 3.54. The standard InChI is InChI=1S/C14H20BrNO/c15-13-6-4-5-12(9-13)10-16-14(11-17)7-2-1-3-8-14/h4-6,9,16-17H,1-3,7-8,10-11H2. The number of hydrogen-bond acceptors (Lipinski definition) is 2. The topological polar surface area (TPSA) is 32.3 Å². The minimum absolute atomic E-state index is 0.0411. The number of hydrogen-bond donors (Lipinski definition) is 2. The molecule has 0 aliphatic heterocycles. The summed E-state index contributed by atoms with van der Waals surface area (Å²) in [5.41, 5.74) is 1.22. The number of aliphatic hydroxyl groups is 1. The number of rotatable bonds is 4. The summed E-state index contributed by atoms with van der Waals surface area (Å²) in [6.07, 6.45) is 5.95. The first-order valence-electron chi connectivity index (χ1n) is 6.34. The fraction of sp³-hybridized carbons (Fsp3) is 0.571. The molecule has 2 N–H and O–H groups in total. The predicted molar refractivity (Wildman–Crippen MR) is 73.9 cm³/mol. The maximum Gasteiger partial charge on any atom is 0.0613 e. The predicted octanol–water partition coefficient (Wildman–Crippen LogP) is 3.23. The van der Waals surface area contributed by atoms with Gasteiger partial charge in [0, 0.05) is 16.6 Å². The molecule has 1 aromatic rings. The molecule has 17 heavy (non-hydrogen) atoms. The van der Waals surface area contributed by atoms with Crippen LogP contribution in [0.5, 0.6) is 0 Å². The summed E-state index contributed by atoms with van der Waals surface area (Å²) >= 11 is 3.48. The first-order chi connectivity index (χ1) is 8.24. The zero-order valence-electron chi connectivity index (χ0n) is 10.1. The van der Waals surface area contributed by atoms with Crippen LogP contribution < -0.4 is 5.32 Å². The van der Waals surface area contributed by atoms with E-state index in [4.69, 9.17) is 0 Å². The zero-order valence-corrected chi connectivity index (χ0v) is 11.7. The third-order valence-corrected chi connectivity index (χ3v) is 4.16. The van der Waals surface area contributed by atoms with E-state index in [9.17, 15) is 5.11 Å². The lowest BCUT2D eigenvalue weighted by Crippen LogP contribution is -2.49. The van der Waals surface area contributed by atoms with Crippen LogP contribution in [0.3, 0.4) is 0 Å². The van der Waals surface area contributed by atoms with Crippen molar-refractivity contribution >= 4 is 15.9 Å². The van der Waals surface area contributed by atoms with Gasteiger partial charge in [-0.25, -0.2) is 0 Å². The van der Waals surface area contributed by atoms with Gasteiger partial charge in [0.2, 0.25) is 0 Å². The molecule has 0 amide bonds. The Balaban J connectivity index is 1.95. The van der Waals surface area contributed by atoms with E-state index in [0.717, 1.165) is 23.9 Å². The number of halogens is 1. The second-order valence-corrected chi connectivity index (χ2v) is 5.90. The Hall–Kier alpha value is -0.380. The summed E-state index contributed by atoms with van der Waals surface area (Å²) in [5, 5.41) is 13.2. The molecule has 94 valence electrons. The molecule has 0 unspecified atom stereocenters. The molecule has 3 heteroatoms. The van der Waals surface area contributed by atoms with Gasteiger partial charge in [0.25, 0.3) is 0 Å². The average molecular weight is 298 g/mol. The lowest BCUT2D eigenvalue weighted by atomic mass is 9.82. The molecule has 0 atom stereocenters. The lowest BCUT2D eigenvalue weighted by molar-refractivity contribution is 0.119. The maximum absolute atomic E-state index is 9.60. The Morgan fingerprint density at radius 3 is 2.65 bits per heavy atom. The highest BCUT2D eigenvalue weighted by molar-refractivity contribution is 9.10. The Bertz CT molecular complexity index is 361. The normalized spacial score (nSPS) is 19.2. The van der Waals surface area contributed by atoms with Crippen LogP contribution >= 0.6 is 15.9 Å². The van der Waals surface area contributed by atoms with Crippen molar-refractivity contribution in [1.29, 1.82) is 0 Å². The van der Waals surface area contributed by atoms with Gasteiger partial charge in [0.1, 0.15) is 0 Å². The molecular formula is C14H20BrNO. The molecule has 1 aliphatic carbocycles. The molecule has 1 saturated carbocycles. The molecule has 0 bridgehead atoms. The molecule has 2 rings (SSSR count). The van der Waals surface area contributed by atoms with Crippen molar-refractivity contribution in [2.45, 2.75) is 44.2 Å². The van der Waals surface area contributed by atoms with Crippen molar-refractivity contribution in [3.8, 4) is 0 Å². The highest BCUT2D eigenvalue weighted by atomic mass is 79.9. The Kier molecular flexibility index (Phi) is 4.60. The molecule has 1 aliphatic rings. The van der Waals surface area contributed by atoms with Crippen LogP contribution in [0, 0.1) is 0 Å². The van der Waals surface area contributed by atoms with Crippen molar-refractivity contribution < 1.29 is 5.11 Å². The van der Waals surface area contributed by atoms with Gasteiger partial charge in [-0.3, -0.25) is 0 Å². The van der Waals surface area contributed by atoms with Gasteiger partial charge >= 0.3 is 0 Å². The summed E-state index contributed by atoms with van der Waals surface area (Å²) < 4.78 is 1.11. The van der Waals surface area contributed by atoms with Gasteiger partial charge in [-0.15, -0.1) is 0 Å². The SMILES string of the molecule is OCC1(NCc2cccc(Br)c2)CCCCC1. The van der Waals surface area contributed by atoms with Crippen molar-refractivity contribution in [2.24, 2.45) is 0 Å². The number of benzene rings is 1. The van der Waals surface area contributed by atoms with Crippen molar-refractivity contribution in [3.05, 3.63) is 34.3 Å². The van der Waals surface area contributed by atoms with Gasteiger partial charge < -0.3 is 10.4 Å². The molecular weight excluding hydrogens is 278 g/mol. The van der Waals surface area contributed by atoms with Crippen LogP contribution in [0.4, 0.5) is 0 Å². The molecule has 1 fully saturated rings. The first kappa shape index (κ1) is 13.1. The van der Waals surface area contributed by atoms with E-state index in [1.165, 1.54) is 24.8 Å². The van der Waals surface area contributed by atoms with Crippen molar-refractivity contribution in [2.75, 3.05) is 6.61 Å². The van der Waals surface area contributed by atoms with Crippen LogP contribution in [0.25, 0.3) is 0 Å². The van der Waals surface area contributed by atoms with Crippen LogP contribution in [0.1, 0.15) is 37.7 Å². The summed E-state index contributed by atoms with van der Waals surface area (Å²) in [6.45, 7) is 1.08. The smallest absolute Gasteiger partial charge is 0.0613 e. The van der Waals surface area contributed by atoms with E-state index < -0.39 is 0 Å². The Labute approximate surface area is 112 Å². The van der Waals surface area contributed by atoms with Gasteiger partial charge in [-0.1, -0.05) is 47.3 Å². The minimum atomic E-state index is -0.0411. The fourth-order valence-electron chi connectivity index (χ4n) is 2.56. The van der Waals surface area contributed by atoms with Gasteiger partial charge in [-0.05, 0) is 30.5 Å². The van der Waals surface area contributed by atoms with Crippen LogP contribution in [0.15, 0.2) is 28.7 Å². The van der Waals surface area contributed by atoms with Crippen molar-refractivity contribution in [1.82, 2.24) is 5.32 Å². The largest absolute Gasteiger partial charge is 0.394 e. The van der Waals surface area contributed by atoms with E-state index in [1.807, 2.05) is 12.1 Å². The average Bonchev–Trinajstić information content (AvgIpc) is 2.38. The fourth-order valence-corrected chi connectivity index (χ4v) is 3.00. The summed E-state index contributed by atoms with van der Waals surface area (Å²) in [5.74, 6) is 0. The Morgan fingerprint density at radius 2 is 2.00 bits per heavy atom. The summed E-state index contributed by atoms with van der Waals surface area (Å²) in [6, 6.07) is 8.33. The highest BCUT2D eigenvalue weighted by Crippen LogP contribution is 2.28. The van der Waals surface area contributed by atoms with Gasteiger partial charge in [-0.2, -0.15) is 0 Å². The molecule has 0 heterocycles. The van der Waals surface area contributed by atoms with Gasteiger partial charge in [0.05, 0.1) is 6.61 Å². The molecule has 2 nitrogen and oxygen atoms in total. The Morgan fingerprint density at radius 1 is 1.24 bits per heavy atom. The quantitative estimate of drug-likeness (QED) is 0.894. The second-order valence-electron chi connectivity index (χ2n) is 4.98. The first-order valence-corrected chi connectivity index (χ1v) is 7.14. The van der Waals surface area contributed by atoms with E-state index >= 15 is 0 Å². The molecule has 0 radical (unpaired) electrons. The molecule has 0 spiro atoms. The van der Waals surface area contributed by atoms with E-state index in [1.54, 1.807) is 0 Å². The summed E-state index contributed by atoms with van der Waals surface area (Å²) in [4.78, 5) is 0. The second kappa shape index (κ2) is 5.98. The third-order valence-electron chi connectivity index (χ3n) is 3.67. The monoisotopic (exact) mass is 297 g/mol. The minimum Gasteiger partial charge on any atom is -0.394 e. The van der Waals surface area contributed by atoms with E-state index in [0.29, 0.717) is 0 Å². The molecule has 0 saturated heterocycles. The zero-order chi connectivity index (χ0) is 12.1. The van der Waals surface area contributed by atoms with Crippen LogP contribution in [-0.2, 0) is 6.54 Å².